The highest BCUT2D eigenvalue weighted by Crippen LogP contribution is 2.34. The Morgan fingerprint density at radius 2 is 1.86 bits per heavy atom. The van der Waals surface area contributed by atoms with E-state index in [0.29, 0.717) is 11.6 Å². The summed E-state index contributed by atoms with van der Waals surface area (Å²) in [6.45, 7) is 2.75. The third kappa shape index (κ3) is 4.24. The van der Waals surface area contributed by atoms with Gasteiger partial charge in [0.1, 0.15) is 18.0 Å². The van der Waals surface area contributed by atoms with E-state index >= 15 is 0 Å². The highest BCUT2D eigenvalue weighted by Gasteiger charge is 2.31. The number of benzene rings is 1. The predicted octanol–water partition coefficient (Wildman–Crippen LogP) is 4.71. The van der Waals surface area contributed by atoms with Crippen LogP contribution in [0.4, 0.5) is 30.5 Å². The zero-order valence-electron chi connectivity index (χ0n) is 11.7. The zero-order chi connectivity index (χ0) is 16.2. The second kappa shape index (κ2) is 6.83. The van der Waals surface area contributed by atoms with E-state index in [1.807, 2.05) is 6.92 Å². The Hall–Kier alpha value is -2.02. The number of halogens is 4. The van der Waals surface area contributed by atoms with Crippen molar-refractivity contribution < 1.29 is 13.2 Å². The Kier molecular flexibility index (Phi) is 5.07. The number of alkyl halides is 3. The third-order valence-corrected chi connectivity index (χ3v) is 3.11. The minimum atomic E-state index is -4.43. The van der Waals surface area contributed by atoms with Crippen LogP contribution in [0.5, 0.6) is 0 Å². The maximum Gasteiger partial charge on any atom is 0.416 e. The quantitative estimate of drug-likeness (QED) is 0.833. The van der Waals surface area contributed by atoms with E-state index in [1.54, 1.807) is 6.07 Å². The zero-order valence-corrected chi connectivity index (χ0v) is 12.5. The minimum Gasteiger partial charge on any atom is -0.370 e. The Morgan fingerprint density at radius 1 is 1.14 bits per heavy atom. The van der Waals surface area contributed by atoms with Gasteiger partial charge < -0.3 is 10.6 Å². The van der Waals surface area contributed by atoms with E-state index in [1.165, 1.54) is 12.4 Å². The molecule has 2 aromatic rings. The molecule has 0 aliphatic heterocycles. The largest absolute Gasteiger partial charge is 0.416 e. The normalized spacial score (nSPS) is 11.3. The van der Waals surface area contributed by atoms with Crippen LogP contribution in [-0.4, -0.2) is 16.5 Å². The average Bonchev–Trinajstić information content (AvgIpc) is 2.46. The molecule has 8 heteroatoms. The van der Waals surface area contributed by atoms with Gasteiger partial charge in [0.25, 0.3) is 0 Å². The Morgan fingerprint density at radius 3 is 2.55 bits per heavy atom. The van der Waals surface area contributed by atoms with Crippen LogP contribution < -0.4 is 10.6 Å². The van der Waals surface area contributed by atoms with Crippen LogP contribution >= 0.6 is 11.6 Å². The molecule has 4 nitrogen and oxygen atoms in total. The van der Waals surface area contributed by atoms with E-state index in [0.717, 1.165) is 25.1 Å². The van der Waals surface area contributed by atoms with Crippen molar-refractivity contribution in [3.8, 4) is 0 Å². The summed E-state index contributed by atoms with van der Waals surface area (Å²) in [5.41, 5.74) is -0.644. The molecule has 118 valence electrons. The van der Waals surface area contributed by atoms with E-state index in [2.05, 4.69) is 20.6 Å². The number of rotatable bonds is 5. The highest BCUT2D eigenvalue weighted by atomic mass is 35.5. The van der Waals surface area contributed by atoms with Gasteiger partial charge in [-0.2, -0.15) is 13.2 Å². The summed E-state index contributed by atoms with van der Waals surface area (Å²) in [7, 11) is 0. The molecule has 0 atom stereocenters. The van der Waals surface area contributed by atoms with Crippen LogP contribution in [0.3, 0.4) is 0 Å². The monoisotopic (exact) mass is 330 g/mol. The Balaban J connectivity index is 2.23. The lowest BCUT2D eigenvalue weighted by Crippen LogP contribution is -2.06. The number of nitrogens with zero attached hydrogens (tertiary/aromatic N) is 2. The van der Waals surface area contributed by atoms with Crippen LogP contribution in [0, 0.1) is 0 Å². The predicted molar refractivity (Wildman–Crippen MR) is 80.5 cm³/mol. The first-order valence-electron chi connectivity index (χ1n) is 6.60. The number of aromatic nitrogens is 2. The fraction of sp³-hybridized carbons (Fsp3) is 0.286. The summed E-state index contributed by atoms with van der Waals surface area (Å²) in [6, 6.07) is 4.68. The first-order chi connectivity index (χ1) is 10.4. The lowest BCUT2D eigenvalue weighted by molar-refractivity contribution is -0.137. The van der Waals surface area contributed by atoms with Gasteiger partial charge in [-0.25, -0.2) is 9.97 Å². The fourth-order valence-corrected chi connectivity index (χ4v) is 1.88. The minimum absolute atomic E-state index is 0.136. The molecule has 2 N–H and O–H groups in total. The number of hydrogen-bond acceptors (Lipinski definition) is 4. The molecule has 0 saturated carbocycles. The summed E-state index contributed by atoms with van der Waals surface area (Å²) in [4.78, 5) is 8.00. The molecule has 2 rings (SSSR count). The molecular formula is C14H14ClF3N4. The molecule has 0 saturated heterocycles. The summed E-state index contributed by atoms with van der Waals surface area (Å²) in [5, 5.41) is 6.02. The van der Waals surface area contributed by atoms with Crippen LogP contribution in [0.15, 0.2) is 30.6 Å². The van der Waals surface area contributed by atoms with Crippen molar-refractivity contribution in [2.75, 3.05) is 17.2 Å². The van der Waals surface area contributed by atoms with E-state index in [-0.39, 0.29) is 10.7 Å². The summed E-state index contributed by atoms with van der Waals surface area (Å²) in [5.74, 6) is 0.942. The molecule has 1 aromatic carbocycles. The SMILES string of the molecule is CCCNc1cc(Nc2cc(C(F)(F)F)ccc2Cl)ncn1. The lowest BCUT2D eigenvalue weighted by atomic mass is 10.2. The molecule has 0 radical (unpaired) electrons. The molecule has 0 fully saturated rings. The van der Waals surface area contributed by atoms with Crippen molar-refractivity contribution in [3.05, 3.63) is 41.2 Å². The van der Waals surface area contributed by atoms with Crippen molar-refractivity contribution in [1.29, 1.82) is 0 Å². The van der Waals surface area contributed by atoms with Crippen LogP contribution in [0.25, 0.3) is 0 Å². The topological polar surface area (TPSA) is 49.8 Å². The van der Waals surface area contributed by atoms with Crippen LogP contribution in [-0.2, 0) is 6.18 Å². The molecule has 22 heavy (non-hydrogen) atoms. The van der Waals surface area contributed by atoms with Crippen LogP contribution in [0.2, 0.25) is 5.02 Å². The van der Waals surface area contributed by atoms with Gasteiger partial charge in [0, 0.05) is 12.6 Å². The van der Waals surface area contributed by atoms with Crippen molar-refractivity contribution in [2.45, 2.75) is 19.5 Å². The molecule has 0 aliphatic rings. The van der Waals surface area contributed by atoms with E-state index < -0.39 is 11.7 Å². The number of hydrogen-bond donors (Lipinski definition) is 2. The van der Waals surface area contributed by atoms with Gasteiger partial charge in [-0.05, 0) is 24.6 Å². The molecule has 1 aromatic heterocycles. The molecule has 0 bridgehead atoms. The maximum absolute atomic E-state index is 12.7. The van der Waals surface area contributed by atoms with Crippen molar-refractivity contribution in [2.24, 2.45) is 0 Å². The van der Waals surface area contributed by atoms with Crippen molar-refractivity contribution >= 4 is 28.9 Å². The summed E-state index contributed by atoms with van der Waals surface area (Å²) in [6.07, 6.45) is -2.19. The smallest absolute Gasteiger partial charge is 0.370 e. The van der Waals surface area contributed by atoms with Crippen LogP contribution in [0.1, 0.15) is 18.9 Å². The maximum atomic E-state index is 12.7. The number of nitrogens with one attached hydrogen (secondary N) is 2. The van der Waals surface area contributed by atoms with Gasteiger partial charge in [0.2, 0.25) is 0 Å². The standard InChI is InChI=1S/C14H14ClF3N4/c1-2-5-19-12-7-13(21-8-20-12)22-11-6-9(14(16,17)18)3-4-10(11)15/h3-4,6-8H,2,5H2,1H3,(H2,19,20,21,22). The van der Waals surface area contributed by atoms with Crippen molar-refractivity contribution in [3.63, 3.8) is 0 Å². The van der Waals surface area contributed by atoms with E-state index in [9.17, 15) is 13.2 Å². The highest BCUT2D eigenvalue weighted by molar-refractivity contribution is 6.33. The number of anilines is 3. The lowest BCUT2D eigenvalue weighted by Gasteiger charge is -2.12. The third-order valence-electron chi connectivity index (χ3n) is 2.78. The fourth-order valence-electron chi connectivity index (χ4n) is 1.71. The van der Waals surface area contributed by atoms with Gasteiger partial charge in [-0.1, -0.05) is 18.5 Å². The Bertz CT molecular complexity index is 646. The van der Waals surface area contributed by atoms with Crippen molar-refractivity contribution in [1.82, 2.24) is 9.97 Å². The molecule has 0 aliphatic carbocycles. The first-order valence-corrected chi connectivity index (χ1v) is 6.97. The summed E-state index contributed by atoms with van der Waals surface area (Å²) < 4.78 is 38.2. The second-order valence-electron chi connectivity index (χ2n) is 4.53. The van der Waals surface area contributed by atoms with Gasteiger partial charge in [0.05, 0.1) is 16.3 Å². The summed E-state index contributed by atoms with van der Waals surface area (Å²) >= 11 is 5.93. The molecular weight excluding hydrogens is 317 g/mol. The first kappa shape index (κ1) is 16.4. The molecule has 0 unspecified atom stereocenters. The van der Waals surface area contributed by atoms with Gasteiger partial charge in [-0.3, -0.25) is 0 Å². The van der Waals surface area contributed by atoms with Gasteiger partial charge in [0.15, 0.2) is 0 Å². The Labute approximate surface area is 130 Å². The van der Waals surface area contributed by atoms with Gasteiger partial charge in [-0.15, -0.1) is 0 Å². The van der Waals surface area contributed by atoms with Gasteiger partial charge >= 0.3 is 6.18 Å². The molecule has 0 amide bonds. The molecule has 0 spiro atoms. The van der Waals surface area contributed by atoms with E-state index in [4.69, 9.17) is 11.6 Å². The molecule has 1 heterocycles. The second-order valence-corrected chi connectivity index (χ2v) is 4.94. The average molecular weight is 331 g/mol.